The Morgan fingerprint density at radius 3 is 1.39 bits per heavy atom. The molecule has 0 aliphatic rings. The van der Waals surface area contributed by atoms with Crippen LogP contribution in [0.2, 0.25) is 0 Å². The molecule has 0 radical (unpaired) electrons. The predicted octanol–water partition coefficient (Wildman–Crippen LogP) is 16.3. The standard InChI is InChI=1S/C58H101NO5/c1-4-7-10-13-16-19-22-25-27-29-31-33-36-39-42-45-48-51-58(63)64-54(49-46-43-40-37-34-32-30-28-26-23-20-17-14-11-8-5-2)52-57(62)59-55(53-60)56(61)50-47-44-41-38-35-24-21-18-15-12-9-6-3/h16-17,19-20,23,25-28,30-34,54-56,60-61H,4-15,18,21-22,24,29,35-53H2,1-3H3,(H,59,62)/b19-16-,20-17+,26-23+,27-25-,30-28+,33-31-,34-32+. The molecule has 0 aromatic heterocycles. The zero-order valence-electron chi connectivity index (χ0n) is 41.9. The van der Waals surface area contributed by atoms with Gasteiger partial charge in [-0.3, -0.25) is 9.59 Å². The zero-order chi connectivity index (χ0) is 46.7. The fourth-order valence-electron chi connectivity index (χ4n) is 7.68. The van der Waals surface area contributed by atoms with Crippen molar-refractivity contribution >= 4 is 11.9 Å². The van der Waals surface area contributed by atoms with Crippen LogP contribution in [0.25, 0.3) is 0 Å². The van der Waals surface area contributed by atoms with Crippen LogP contribution >= 0.6 is 0 Å². The maximum absolute atomic E-state index is 13.2. The smallest absolute Gasteiger partial charge is 0.306 e. The van der Waals surface area contributed by atoms with Crippen LogP contribution in [0.5, 0.6) is 0 Å². The number of hydrogen-bond donors (Lipinski definition) is 3. The number of carbonyl (C=O) groups excluding carboxylic acids is 2. The Morgan fingerprint density at radius 1 is 0.469 bits per heavy atom. The Balaban J connectivity index is 4.73. The van der Waals surface area contributed by atoms with Gasteiger partial charge >= 0.3 is 5.97 Å². The number of carbonyl (C=O) groups is 2. The molecule has 6 heteroatoms. The minimum atomic E-state index is -0.807. The normalized spacial score (nSPS) is 13.9. The van der Waals surface area contributed by atoms with Crippen LogP contribution in [0, 0.1) is 0 Å². The summed E-state index contributed by atoms with van der Waals surface area (Å²) in [6, 6.07) is -0.724. The summed E-state index contributed by atoms with van der Waals surface area (Å²) in [5, 5.41) is 23.8. The first kappa shape index (κ1) is 61.0. The van der Waals surface area contributed by atoms with Gasteiger partial charge in [-0.25, -0.2) is 0 Å². The third-order valence-corrected chi connectivity index (χ3v) is 11.8. The lowest BCUT2D eigenvalue weighted by atomic mass is 10.0. The van der Waals surface area contributed by atoms with E-state index in [1.807, 2.05) is 6.08 Å². The zero-order valence-corrected chi connectivity index (χ0v) is 41.9. The van der Waals surface area contributed by atoms with Gasteiger partial charge in [-0.05, 0) is 89.9 Å². The average molecular weight is 892 g/mol. The van der Waals surface area contributed by atoms with Crippen molar-refractivity contribution in [2.45, 2.75) is 264 Å². The Hall–Kier alpha value is -2.96. The number of aliphatic hydroxyl groups is 2. The molecule has 3 N–H and O–H groups in total. The summed E-state index contributed by atoms with van der Waals surface area (Å²) >= 11 is 0. The largest absolute Gasteiger partial charge is 0.462 e. The van der Waals surface area contributed by atoms with E-state index in [1.54, 1.807) is 0 Å². The lowest BCUT2D eigenvalue weighted by Gasteiger charge is -2.24. The number of esters is 1. The number of amides is 1. The van der Waals surface area contributed by atoms with Crippen molar-refractivity contribution in [1.82, 2.24) is 5.32 Å². The van der Waals surface area contributed by atoms with Crippen LogP contribution in [0.15, 0.2) is 85.1 Å². The highest BCUT2D eigenvalue weighted by Crippen LogP contribution is 2.17. The van der Waals surface area contributed by atoms with Gasteiger partial charge in [-0.15, -0.1) is 0 Å². The highest BCUT2D eigenvalue weighted by molar-refractivity contribution is 5.77. The quantitative estimate of drug-likeness (QED) is 0.0245. The number of ether oxygens (including phenoxy) is 1. The van der Waals surface area contributed by atoms with Crippen LogP contribution in [0.4, 0.5) is 0 Å². The van der Waals surface area contributed by atoms with Gasteiger partial charge in [0, 0.05) is 6.42 Å². The molecule has 0 heterocycles. The molecule has 0 rings (SSSR count). The highest BCUT2D eigenvalue weighted by atomic mass is 16.5. The van der Waals surface area contributed by atoms with Gasteiger partial charge in [0.1, 0.15) is 6.10 Å². The first-order chi connectivity index (χ1) is 31.5. The van der Waals surface area contributed by atoms with Crippen molar-refractivity contribution < 1.29 is 24.5 Å². The Bertz CT molecular complexity index is 1230. The predicted molar refractivity (Wildman–Crippen MR) is 278 cm³/mol. The van der Waals surface area contributed by atoms with E-state index < -0.39 is 18.2 Å². The van der Waals surface area contributed by atoms with Gasteiger partial charge in [0.2, 0.25) is 5.91 Å². The third kappa shape index (κ3) is 45.6. The molecule has 3 atom stereocenters. The number of hydrogen-bond acceptors (Lipinski definition) is 5. The average Bonchev–Trinajstić information content (AvgIpc) is 3.29. The van der Waals surface area contributed by atoms with E-state index >= 15 is 0 Å². The second kappa shape index (κ2) is 51.0. The second-order valence-electron chi connectivity index (χ2n) is 18.0. The maximum Gasteiger partial charge on any atom is 0.306 e. The van der Waals surface area contributed by atoms with E-state index in [1.165, 1.54) is 103 Å². The minimum Gasteiger partial charge on any atom is -0.462 e. The SMILES string of the molecule is CCCCC/C=C\C/C=C\C/C=C\CCCCCCC(=O)OC(CCCCC/C=C/C=C/C=C/C=C/CCCCC)CC(=O)NC(CO)C(O)CCCCCCCCCCCCCC. The summed E-state index contributed by atoms with van der Waals surface area (Å²) in [4.78, 5) is 26.2. The van der Waals surface area contributed by atoms with Crippen molar-refractivity contribution in [3.8, 4) is 0 Å². The molecule has 3 unspecified atom stereocenters. The first-order valence-electron chi connectivity index (χ1n) is 26.9. The molecule has 64 heavy (non-hydrogen) atoms. The van der Waals surface area contributed by atoms with E-state index in [0.29, 0.717) is 19.3 Å². The van der Waals surface area contributed by atoms with Gasteiger partial charge in [0.05, 0.1) is 25.2 Å². The van der Waals surface area contributed by atoms with Crippen LogP contribution in [-0.4, -0.2) is 46.9 Å². The fraction of sp³-hybridized carbons (Fsp3) is 0.724. The Morgan fingerprint density at radius 2 is 0.859 bits per heavy atom. The van der Waals surface area contributed by atoms with E-state index in [4.69, 9.17) is 4.74 Å². The van der Waals surface area contributed by atoms with Crippen LogP contribution in [-0.2, 0) is 14.3 Å². The van der Waals surface area contributed by atoms with E-state index in [-0.39, 0.29) is 24.9 Å². The van der Waals surface area contributed by atoms with Crippen molar-refractivity contribution in [2.75, 3.05) is 6.61 Å². The number of allylic oxidation sites excluding steroid dienone is 14. The highest BCUT2D eigenvalue weighted by Gasteiger charge is 2.24. The summed E-state index contributed by atoms with van der Waals surface area (Å²) in [6.45, 7) is 6.40. The number of nitrogens with one attached hydrogen (secondary N) is 1. The lowest BCUT2D eigenvalue weighted by Crippen LogP contribution is -2.46. The maximum atomic E-state index is 13.2. The number of unbranched alkanes of at least 4 members (excludes halogenated alkanes) is 24. The Kier molecular flexibility index (Phi) is 48.7. The summed E-state index contributed by atoms with van der Waals surface area (Å²) < 4.78 is 5.92. The molecule has 0 bridgehead atoms. The van der Waals surface area contributed by atoms with Gasteiger partial charge in [0.25, 0.3) is 0 Å². The van der Waals surface area contributed by atoms with E-state index in [9.17, 15) is 19.8 Å². The summed E-state index contributed by atoms with van der Waals surface area (Å²) in [5.41, 5.74) is 0. The molecule has 368 valence electrons. The van der Waals surface area contributed by atoms with E-state index in [2.05, 4.69) is 105 Å². The topological polar surface area (TPSA) is 95.9 Å². The molecule has 0 aliphatic carbocycles. The molecule has 0 aromatic carbocycles. The molecule has 0 saturated carbocycles. The summed E-state index contributed by atoms with van der Waals surface area (Å²) in [5.74, 6) is -0.540. The fourth-order valence-corrected chi connectivity index (χ4v) is 7.68. The van der Waals surface area contributed by atoms with Crippen molar-refractivity contribution in [2.24, 2.45) is 0 Å². The molecule has 0 spiro atoms. The molecule has 0 fully saturated rings. The number of aliphatic hydroxyl groups excluding tert-OH is 2. The summed E-state index contributed by atoms with van der Waals surface area (Å²) in [7, 11) is 0. The lowest BCUT2D eigenvalue weighted by molar-refractivity contribution is -0.151. The van der Waals surface area contributed by atoms with Crippen molar-refractivity contribution in [3.05, 3.63) is 85.1 Å². The molecule has 0 aromatic rings. The van der Waals surface area contributed by atoms with Gasteiger partial charge in [0.15, 0.2) is 0 Å². The van der Waals surface area contributed by atoms with Crippen LogP contribution < -0.4 is 5.32 Å². The monoisotopic (exact) mass is 892 g/mol. The van der Waals surface area contributed by atoms with Crippen LogP contribution in [0.1, 0.15) is 245 Å². The van der Waals surface area contributed by atoms with Crippen molar-refractivity contribution in [1.29, 1.82) is 0 Å². The minimum absolute atomic E-state index is 0.0387. The molecular formula is C58H101NO5. The molecule has 0 aliphatic heterocycles. The van der Waals surface area contributed by atoms with E-state index in [0.717, 1.165) is 96.3 Å². The molecule has 1 amide bonds. The van der Waals surface area contributed by atoms with Gasteiger partial charge < -0.3 is 20.3 Å². The van der Waals surface area contributed by atoms with Gasteiger partial charge in [-0.1, -0.05) is 228 Å². The third-order valence-electron chi connectivity index (χ3n) is 11.8. The van der Waals surface area contributed by atoms with Gasteiger partial charge in [-0.2, -0.15) is 0 Å². The first-order valence-corrected chi connectivity index (χ1v) is 26.9. The molecular weight excluding hydrogens is 791 g/mol. The number of rotatable bonds is 47. The second-order valence-corrected chi connectivity index (χ2v) is 18.0. The molecule has 0 saturated heterocycles. The molecule has 6 nitrogen and oxygen atoms in total. The van der Waals surface area contributed by atoms with Crippen molar-refractivity contribution in [3.63, 3.8) is 0 Å². The summed E-state index contributed by atoms with van der Waals surface area (Å²) in [6.07, 6.45) is 66.3. The Labute approximate surface area is 395 Å². The van der Waals surface area contributed by atoms with Crippen LogP contribution in [0.3, 0.4) is 0 Å².